The highest BCUT2D eigenvalue weighted by atomic mass is 32.2. The van der Waals surface area contributed by atoms with Crippen molar-refractivity contribution in [3.63, 3.8) is 0 Å². The lowest BCUT2D eigenvalue weighted by Gasteiger charge is -2.24. The Morgan fingerprint density at radius 1 is 1.02 bits per heavy atom. The summed E-state index contributed by atoms with van der Waals surface area (Å²) in [4.78, 5) is 27.0. The molecule has 13 heteroatoms. The summed E-state index contributed by atoms with van der Waals surface area (Å²) < 4.78 is 46.3. The Kier molecular flexibility index (Phi) is 8.30. The van der Waals surface area contributed by atoms with E-state index in [1.165, 1.54) is 4.31 Å². The van der Waals surface area contributed by atoms with Gasteiger partial charge in [0.25, 0.3) is 0 Å². The number of anilines is 1. The number of aromatic nitrogens is 3. The number of fused-ring (bicyclic) bond motifs is 2. The van der Waals surface area contributed by atoms with Crippen molar-refractivity contribution in [1.29, 1.82) is 0 Å². The Bertz CT molecular complexity index is 2110. The second-order valence-corrected chi connectivity index (χ2v) is 13.5. The van der Waals surface area contributed by atoms with Gasteiger partial charge in [-0.25, -0.2) is 17.9 Å². The van der Waals surface area contributed by atoms with Crippen LogP contribution >= 0.6 is 0 Å². The third-order valence-corrected chi connectivity index (χ3v) is 10.6. The number of hydrogen-bond acceptors (Lipinski definition) is 10. The van der Waals surface area contributed by atoms with Gasteiger partial charge in [-0.05, 0) is 66.8 Å². The molecule has 0 saturated heterocycles. The Hall–Kier alpha value is -4.75. The molecule has 3 heterocycles. The van der Waals surface area contributed by atoms with Crippen LogP contribution in [0.5, 0.6) is 0 Å². The summed E-state index contributed by atoms with van der Waals surface area (Å²) >= 11 is 0. The van der Waals surface area contributed by atoms with Gasteiger partial charge in [-0.1, -0.05) is 41.6 Å². The van der Waals surface area contributed by atoms with E-state index in [1.54, 1.807) is 23.7 Å². The van der Waals surface area contributed by atoms with Crippen LogP contribution in [0.4, 0.5) is 5.69 Å². The van der Waals surface area contributed by atoms with Gasteiger partial charge in [0.1, 0.15) is 10.4 Å². The first-order chi connectivity index (χ1) is 21.9. The molecule has 3 aromatic carbocycles. The van der Waals surface area contributed by atoms with E-state index in [0.29, 0.717) is 18.8 Å². The summed E-state index contributed by atoms with van der Waals surface area (Å²) in [6, 6.07) is 16.8. The summed E-state index contributed by atoms with van der Waals surface area (Å²) in [5, 5.41) is 8.51. The van der Waals surface area contributed by atoms with Gasteiger partial charge in [0.05, 0.1) is 17.6 Å². The molecule has 240 valence electrons. The molecule has 0 aliphatic carbocycles. The lowest BCUT2D eigenvalue weighted by molar-refractivity contribution is -0.145. The number of benzene rings is 3. The maximum atomic E-state index is 13.8. The largest absolute Gasteiger partial charge is 0.519 e. The Morgan fingerprint density at radius 3 is 2.57 bits per heavy atom. The molecular formula is C33H35N5O7S. The lowest BCUT2D eigenvalue weighted by Crippen LogP contribution is -2.33. The van der Waals surface area contributed by atoms with Crippen molar-refractivity contribution in [3.05, 3.63) is 105 Å². The van der Waals surface area contributed by atoms with Crippen LogP contribution < -0.4 is 10.7 Å². The number of ether oxygens (including phenoxy) is 1. The third kappa shape index (κ3) is 5.83. The van der Waals surface area contributed by atoms with Crippen molar-refractivity contribution in [2.75, 3.05) is 25.0 Å². The second-order valence-electron chi connectivity index (χ2n) is 11.6. The molecule has 0 saturated carbocycles. The summed E-state index contributed by atoms with van der Waals surface area (Å²) in [5.74, 6) is -1.43. The molecule has 0 N–H and O–H groups in total. The van der Waals surface area contributed by atoms with E-state index < -0.39 is 27.7 Å². The molecule has 0 spiro atoms. The first kappa shape index (κ1) is 31.2. The Morgan fingerprint density at radius 2 is 1.80 bits per heavy atom. The van der Waals surface area contributed by atoms with Crippen LogP contribution in [0.15, 0.2) is 73.1 Å². The lowest BCUT2D eigenvalue weighted by atomic mass is 9.84. The highest BCUT2D eigenvalue weighted by Gasteiger charge is 2.32. The minimum Gasteiger partial charge on any atom is -0.457 e. The van der Waals surface area contributed by atoms with Crippen LogP contribution in [0.3, 0.4) is 0 Å². The SMILES string of the molecule is Cc1ccc(C(CC(=O)OCc2oc(=O)oc2C)c2ccc3c(nnn3C)c2C)cc1CN1CCN(C)c2ccccc2S1(=O)=O. The van der Waals surface area contributed by atoms with Crippen LogP contribution in [-0.2, 0) is 39.8 Å². The third-order valence-electron chi connectivity index (χ3n) is 8.73. The van der Waals surface area contributed by atoms with Gasteiger partial charge in [-0.3, -0.25) is 4.79 Å². The van der Waals surface area contributed by atoms with Crippen LogP contribution in [0.25, 0.3) is 11.0 Å². The van der Waals surface area contributed by atoms with Crippen molar-refractivity contribution in [3.8, 4) is 0 Å². The Labute approximate surface area is 266 Å². The van der Waals surface area contributed by atoms with Gasteiger partial charge in [0, 0.05) is 39.6 Å². The minimum absolute atomic E-state index is 0.0313. The number of likely N-dealkylation sites (N-methyl/N-ethyl adjacent to an activating group) is 1. The molecule has 0 fully saturated rings. The van der Waals surface area contributed by atoms with Gasteiger partial charge in [-0.2, -0.15) is 4.31 Å². The average molecular weight is 646 g/mol. The van der Waals surface area contributed by atoms with Crippen molar-refractivity contribution < 1.29 is 26.8 Å². The molecule has 0 radical (unpaired) electrons. The van der Waals surface area contributed by atoms with Crippen molar-refractivity contribution in [2.24, 2.45) is 7.05 Å². The quantitative estimate of drug-likeness (QED) is 0.224. The van der Waals surface area contributed by atoms with Gasteiger partial charge < -0.3 is 18.5 Å². The molecular weight excluding hydrogens is 610 g/mol. The molecule has 0 amide bonds. The maximum Gasteiger partial charge on any atom is 0.519 e. The predicted octanol–water partition coefficient (Wildman–Crippen LogP) is 4.35. The molecule has 6 rings (SSSR count). The van der Waals surface area contributed by atoms with E-state index in [2.05, 4.69) is 10.3 Å². The van der Waals surface area contributed by atoms with Gasteiger partial charge in [0.2, 0.25) is 10.0 Å². The van der Waals surface area contributed by atoms with Crippen LogP contribution in [-0.4, -0.2) is 53.8 Å². The normalized spacial score (nSPS) is 15.5. The fourth-order valence-electron chi connectivity index (χ4n) is 5.98. The fraction of sp³-hybridized carbons (Fsp3) is 0.333. The highest BCUT2D eigenvalue weighted by molar-refractivity contribution is 7.89. The number of rotatable bonds is 8. The molecule has 46 heavy (non-hydrogen) atoms. The molecule has 1 aliphatic rings. The summed E-state index contributed by atoms with van der Waals surface area (Å²) in [7, 11) is -0.0621. The first-order valence-corrected chi connectivity index (χ1v) is 16.3. The van der Waals surface area contributed by atoms with E-state index in [1.807, 2.05) is 75.3 Å². The maximum absolute atomic E-state index is 13.8. The van der Waals surface area contributed by atoms with Crippen LogP contribution in [0.2, 0.25) is 0 Å². The highest BCUT2D eigenvalue weighted by Crippen LogP contribution is 2.36. The molecule has 12 nitrogen and oxygen atoms in total. The van der Waals surface area contributed by atoms with Crippen molar-refractivity contribution in [2.45, 2.75) is 51.2 Å². The standard InChI is InChI=1S/C33H35N5O7S/c1-20-10-11-23(16-24(20)18-38-15-14-36(4)27-8-6-7-9-30(27)46(38,41)42)26(17-31(39)43-19-29-22(3)44-33(40)45-29)25-12-13-28-32(21(25)2)34-35-37(28)5/h6-13,16,26H,14-15,17-19H2,1-5H3. The van der Waals surface area contributed by atoms with Gasteiger partial charge >= 0.3 is 11.8 Å². The van der Waals surface area contributed by atoms with E-state index in [4.69, 9.17) is 13.6 Å². The smallest absolute Gasteiger partial charge is 0.457 e. The van der Waals surface area contributed by atoms with Gasteiger partial charge in [-0.15, -0.1) is 5.10 Å². The molecule has 1 aliphatic heterocycles. The summed E-state index contributed by atoms with van der Waals surface area (Å²) in [5.41, 5.74) is 6.57. The zero-order valence-corrected chi connectivity index (χ0v) is 27.1. The first-order valence-electron chi connectivity index (χ1n) is 14.9. The van der Waals surface area contributed by atoms with E-state index in [-0.39, 0.29) is 36.0 Å². The Balaban J connectivity index is 1.36. The molecule has 5 aromatic rings. The van der Waals surface area contributed by atoms with Crippen molar-refractivity contribution in [1.82, 2.24) is 19.3 Å². The second kappa shape index (κ2) is 12.2. The van der Waals surface area contributed by atoms with Crippen LogP contribution in [0.1, 0.15) is 51.7 Å². The van der Waals surface area contributed by atoms with Crippen LogP contribution in [0, 0.1) is 20.8 Å². The van der Waals surface area contributed by atoms with E-state index in [9.17, 15) is 18.0 Å². The number of carbonyl (C=O) groups is 1. The zero-order valence-electron chi connectivity index (χ0n) is 26.3. The van der Waals surface area contributed by atoms with E-state index >= 15 is 0 Å². The zero-order chi connectivity index (χ0) is 32.7. The number of aryl methyl sites for hydroxylation is 4. The number of esters is 1. The topological polar surface area (TPSA) is 141 Å². The number of hydrogen-bond donors (Lipinski definition) is 0. The molecule has 1 unspecified atom stereocenters. The number of para-hydroxylation sites is 1. The van der Waals surface area contributed by atoms with E-state index in [0.717, 1.165) is 38.9 Å². The fourth-order valence-corrected chi connectivity index (χ4v) is 7.62. The minimum atomic E-state index is -3.77. The summed E-state index contributed by atoms with van der Waals surface area (Å²) in [6.45, 7) is 6.24. The molecule has 1 atom stereocenters. The number of nitrogens with zero attached hydrogens (tertiary/aromatic N) is 5. The molecule has 2 aromatic heterocycles. The van der Waals surface area contributed by atoms with Crippen molar-refractivity contribution >= 4 is 32.7 Å². The number of sulfonamides is 1. The monoisotopic (exact) mass is 645 g/mol. The summed E-state index contributed by atoms with van der Waals surface area (Å²) in [6.07, 6.45) is -0.0313. The molecule has 0 bridgehead atoms. The number of carbonyl (C=O) groups excluding carboxylic acids is 1. The van der Waals surface area contributed by atoms with Gasteiger partial charge in [0.15, 0.2) is 18.1 Å². The average Bonchev–Trinajstić information content (AvgIpc) is 3.55. The predicted molar refractivity (Wildman–Crippen MR) is 170 cm³/mol.